The standard InChI is InChI=1S/C22H19Cl2NO3/c1-28-22(27)16-10-15-11-17(23)13-18(24)21(15)19(12-16)25-20(26)9-5-8-14-6-3-2-4-7-14/h2-4,6-7,10-13H,5,8-9H2,1H3,(H,25,26). The SMILES string of the molecule is COC(=O)c1cc(NC(=O)CCCc2ccccc2)c2c(Cl)cc(Cl)cc2c1. The largest absolute Gasteiger partial charge is 0.465 e. The highest BCUT2D eigenvalue weighted by Gasteiger charge is 2.15. The van der Waals surface area contributed by atoms with Crippen molar-refractivity contribution in [2.75, 3.05) is 12.4 Å². The predicted molar refractivity (Wildman–Crippen MR) is 113 cm³/mol. The Bertz CT molecular complexity index is 1020. The Morgan fingerprint density at radius 2 is 1.79 bits per heavy atom. The number of amides is 1. The molecular formula is C22H19Cl2NO3. The second-order valence-corrected chi connectivity index (χ2v) is 7.23. The van der Waals surface area contributed by atoms with Crippen molar-refractivity contribution in [3.05, 3.63) is 75.8 Å². The zero-order valence-corrected chi connectivity index (χ0v) is 16.8. The van der Waals surface area contributed by atoms with Gasteiger partial charge in [0.25, 0.3) is 0 Å². The van der Waals surface area contributed by atoms with Crippen LogP contribution in [0, 0.1) is 0 Å². The molecule has 3 aromatic carbocycles. The highest BCUT2D eigenvalue weighted by molar-refractivity contribution is 6.40. The number of esters is 1. The number of methoxy groups -OCH3 is 1. The van der Waals surface area contributed by atoms with Crippen molar-refractivity contribution in [2.24, 2.45) is 0 Å². The lowest BCUT2D eigenvalue weighted by molar-refractivity contribution is -0.116. The molecule has 0 saturated carbocycles. The normalized spacial score (nSPS) is 10.7. The highest BCUT2D eigenvalue weighted by Crippen LogP contribution is 2.35. The summed E-state index contributed by atoms with van der Waals surface area (Å²) >= 11 is 12.4. The summed E-state index contributed by atoms with van der Waals surface area (Å²) in [4.78, 5) is 24.5. The Morgan fingerprint density at radius 3 is 2.50 bits per heavy atom. The topological polar surface area (TPSA) is 55.4 Å². The molecule has 0 saturated heterocycles. The molecule has 0 spiro atoms. The van der Waals surface area contributed by atoms with E-state index >= 15 is 0 Å². The minimum Gasteiger partial charge on any atom is -0.465 e. The first kappa shape index (κ1) is 20.2. The molecule has 0 aliphatic rings. The van der Waals surface area contributed by atoms with E-state index in [1.807, 2.05) is 30.3 Å². The van der Waals surface area contributed by atoms with E-state index < -0.39 is 5.97 Å². The minimum atomic E-state index is -0.502. The lowest BCUT2D eigenvalue weighted by atomic mass is 10.0. The van der Waals surface area contributed by atoms with Crippen molar-refractivity contribution in [3.8, 4) is 0 Å². The molecule has 0 atom stereocenters. The maximum Gasteiger partial charge on any atom is 0.337 e. The number of carbonyl (C=O) groups is 2. The van der Waals surface area contributed by atoms with Gasteiger partial charge in [0.05, 0.1) is 23.4 Å². The first-order valence-electron chi connectivity index (χ1n) is 8.83. The Hall–Kier alpha value is -2.56. The van der Waals surface area contributed by atoms with Crippen LogP contribution < -0.4 is 5.32 Å². The molecule has 0 heterocycles. The smallest absolute Gasteiger partial charge is 0.337 e. The fraction of sp³-hybridized carbons (Fsp3) is 0.182. The maximum atomic E-state index is 12.5. The molecular weight excluding hydrogens is 397 g/mol. The number of hydrogen-bond acceptors (Lipinski definition) is 3. The Kier molecular flexibility index (Phi) is 6.55. The van der Waals surface area contributed by atoms with Gasteiger partial charge in [-0.05, 0) is 48.1 Å². The van der Waals surface area contributed by atoms with Crippen LogP contribution in [0.2, 0.25) is 10.0 Å². The van der Waals surface area contributed by atoms with Crippen LogP contribution in [0.25, 0.3) is 10.8 Å². The Labute approximate surface area is 173 Å². The fourth-order valence-electron chi connectivity index (χ4n) is 3.07. The van der Waals surface area contributed by atoms with Gasteiger partial charge in [-0.2, -0.15) is 0 Å². The molecule has 1 amide bonds. The molecule has 6 heteroatoms. The minimum absolute atomic E-state index is 0.148. The number of rotatable bonds is 6. The second kappa shape index (κ2) is 9.09. The van der Waals surface area contributed by atoms with Gasteiger partial charge in [-0.25, -0.2) is 4.79 Å². The van der Waals surface area contributed by atoms with Crippen LogP contribution in [0.1, 0.15) is 28.8 Å². The summed E-state index contributed by atoms with van der Waals surface area (Å²) < 4.78 is 4.80. The third kappa shape index (κ3) is 4.83. The van der Waals surface area contributed by atoms with Gasteiger partial charge in [0.15, 0.2) is 0 Å². The van der Waals surface area contributed by atoms with E-state index in [0.717, 1.165) is 6.42 Å². The number of halogens is 2. The van der Waals surface area contributed by atoms with E-state index in [0.29, 0.717) is 44.9 Å². The van der Waals surface area contributed by atoms with Crippen molar-refractivity contribution in [2.45, 2.75) is 19.3 Å². The van der Waals surface area contributed by atoms with Gasteiger partial charge in [-0.3, -0.25) is 4.79 Å². The Balaban J connectivity index is 1.82. The molecule has 4 nitrogen and oxygen atoms in total. The molecule has 0 unspecified atom stereocenters. The molecule has 3 rings (SSSR count). The number of aryl methyl sites for hydroxylation is 1. The summed E-state index contributed by atoms with van der Waals surface area (Å²) in [5.41, 5.74) is 1.96. The monoisotopic (exact) mass is 415 g/mol. The number of ether oxygens (including phenoxy) is 1. The summed E-state index contributed by atoms with van der Waals surface area (Å²) in [5, 5.41) is 5.01. The molecule has 0 fully saturated rings. The van der Waals surface area contributed by atoms with E-state index in [-0.39, 0.29) is 5.91 Å². The van der Waals surface area contributed by atoms with Crippen LogP contribution in [0.4, 0.5) is 5.69 Å². The first-order chi connectivity index (χ1) is 13.5. The quantitative estimate of drug-likeness (QED) is 0.510. The average molecular weight is 416 g/mol. The molecule has 0 aliphatic carbocycles. The average Bonchev–Trinajstić information content (AvgIpc) is 2.67. The Morgan fingerprint density at radius 1 is 1.04 bits per heavy atom. The predicted octanol–water partition coefficient (Wildman–Crippen LogP) is 5.89. The number of benzene rings is 3. The number of hydrogen-bond donors (Lipinski definition) is 1. The van der Waals surface area contributed by atoms with Crippen LogP contribution in [0.5, 0.6) is 0 Å². The van der Waals surface area contributed by atoms with Crippen LogP contribution in [-0.4, -0.2) is 19.0 Å². The fourth-order valence-corrected chi connectivity index (χ4v) is 3.68. The number of fused-ring (bicyclic) bond motifs is 1. The lowest BCUT2D eigenvalue weighted by Crippen LogP contribution is -2.13. The van der Waals surface area contributed by atoms with Gasteiger partial charge in [-0.1, -0.05) is 53.5 Å². The maximum absolute atomic E-state index is 12.5. The number of anilines is 1. The van der Waals surface area contributed by atoms with Gasteiger partial charge >= 0.3 is 5.97 Å². The summed E-state index contributed by atoms with van der Waals surface area (Å²) in [6, 6.07) is 16.5. The molecule has 3 aromatic rings. The third-order valence-corrected chi connectivity index (χ3v) is 4.89. The molecule has 0 radical (unpaired) electrons. The molecule has 28 heavy (non-hydrogen) atoms. The first-order valence-corrected chi connectivity index (χ1v) is 9.58. The van der Waals surface area contributed by atoms with E-state index in [1.54, 1.807) is 24.3 Å². The van der Waals surface area contributed by atoms with Crippen molar-refractivity contribution < 1.29 is 14.3 Å². The lowest BCUT2D eigenvalue weighted by Gasteiger charge is -2.13. The van der Waals surface area contributed by atoms with Gasteiger partial charge < -0.3 is 10.1 Å². The van der Waals surface area contributed by atoms with E-state index in [2.05, 4.69) is 5.32 Å². The summed E-state index contributed by atoms with van der Waals surface area (Å²) in [6.07, 6.45) is 1.88. The van der Waals surface area contributed by atoms with Gasteiger partial charge in [-0.15, -0.1) is 0 Å². The molecule has 144 valence electrons. The second-order valence-electron chi connectivity index (χ2n) is 6.39. The zero-order valence-electron chi connectivity index (χ0n) is 15.3. The van der Waals surface area contributed by atoms with E-state index in [9.17, 15) is 9.59 Å². The molecule has 0 aromatic heterocycles. The van der Waals surface area contributed by atoms with Crippen LogP contribution in [0.15, 0.2) is 54.6 Å². The van der Waals surface area contributed by atoms with Crippen LogP contribution in [-0.2, 0) is 16.0 Å². The summed E-state index contributed by atoms with van der Waals surface area (Å²) in [6.45, 7) is 0. The van der Waals surface area contributed by atoms with Crippen LogP contribution >= 0.6 is 23.2 Å². The van der Waals surface area contributed by atoms with Crippen molar-refractivity contribution >= 4 is 51.5 Å². The van der Waals surface area contributed by atoms with Gasteiger partial charge in [0.2, 0.25) is 5.91 Å². The zero-order chi connectivity index (χ0) is 20.1. The van der Waals surface area contributed by atoms with E-state index in [4.69, 9.17) is 27.9 Å². The van der Waals surface area contributed by atoms with Crippen LogP contribution in [0.3, 0.4) is 0 Å². The molecule has 0 bridgehead atoms. The van der Waals surface area contributed by atoms with Crippen molar-refractivity contribution in [1.82, 2.24) is 0 Å². The number of nitrogens with one attached hydrogen (secondary N) is 1. The third-order valence-electron chi connectivity index (χ3n) is 4.37. The van der Waals surface area contributed by atoms with Gasteiger partial charge in [0.1, 0.15) is 0 Å². The molecule has 1 N–H and O–H groups in total. The highest BCUT2D eigenvalue weighted by atomic mass is 35.5. The molecule has 0 aliphatic heterocycles. The summed E-state index contributed by atoms with van der Waals surface area (Å²) in [7, 11) is 1.30. The summed E-state index contributed by atoms with van der Waals surface area (Å²) in [5.74, 6) is -0.650. The van der Waals surface area contributed by atoms with Gasteiger partial charge in [0, 0.05) is 16.8 Å². The number of carbonyl (C=O) groups excluding carboxylic acids is 2. The van der Waals surface area contributed by atoms with E-state index in [1.165, 1.54) is 12.7 Å². The van der Waals surface area contributed by atoms with Crippen molar-refractivity contribution in [3.63, 3.8) is 0 Å². The van der Waals surface area contributed by atoms with Crippen molar-refractivity contribution in [1.29, 1.82) is 0 Å².